The number of allylic oxidation sites excluding steroid dienone is 1. The van der Waals surface area contributed by atoms with Gasteiger partial charge in [0.15, 0.2) is 23.0 Å². The van der Waals surface area contributed by atoms with Gasteiger partial charge in [0, 0.05) is 5.39 Å². The van der Waals surface area contributed by atoms with Crippen molar-refractivity contribution in [3.8, 4) is 11.5 Å². The molecule has 8 heteroatoms. The molecule has 0 fully saturated rings. The van der Waals surface area contributed by atoms with Gasteiger partial charge in [0.25, 0.3) is 0 Å². The van der Waals surface area contributed by atoms with Crippen LogP contribution in [0.5, 0.6) is 11.5 Å². The Morgan fingerprint density at radius 1 is 0.818 bits per heavy atom. The van der Waals surface area contributed by atoms with E-state index in [-0.39, 0.29) is 45.1 Å². The molecule has 3 N–H and O–H groups in total. The number of hydrogen-bond acceptors (Lipinski definition) is 7. The van der Waals surface area contributed by atoms with Crippen molar-refractivity contribution in [2.24, 2.45) is 0 Å². The minimum atomic E-state index is -1.13. The third-order valence-electron chi connectivity index (χ3n) is 5.45. The summed E-state index contributed by atoms with van der Waals surface area (Å²) in [5, 5.41) is 31.7. The monoisotopic (exact) mass is 444 g/mol. The first-order chi connectivity index (χ1) is 16.0. The van der Waals surface area contributed by atoms with Crippen LogP contribution in [0, 0.1) is 0 Å². The van der Waals surface area contributed by atoms with Crippen molar-refractivity contribution in [2.45, 2.75) is 5.92 Å². The minimum absolute atomic E-state index is 0.0334. The van der Waals surface area contributed by atoms with E-state index in [1.54, 1.807) is 42.5 Å². The molecule has 3 aromatic carbocycles. The fourth-order valence-corrected chi connectivity index (χ4v) is 3.82. The van der Waals surface area contributed by atoms with Crippen molar-refractivity contribution in [1.29, 1.82) is 0 Å². The average molecular weight is 444 g/mol. The Morgan fingerprint density at radius 3 is 2.21 bits per heavy atom. The van der Waals surface area contributed by atoms with Crippen molar-refractivity contribution in [2.75, 3.05) is 0 Å². The number of benzene rings is 3. The molecule has 0 aliphatic carbocycles. The van der Waals surface area contributed by atoms with Crippen molar-refractivity contribution in [3.05, 3.63) is 111 Å². The van der Waals surface area contributed by atoms with Crippen LogP contribution < -0.4 is 10.5 Å². The van der Waals surface area contributed by atoms with Crippen molar-refractivity contribution >= 4 is 22.5 Å². The molecule has 1 atom stereocenters. The predicted molar refractivity (Wildman–Crippen MR) is 117 cm³/mol. The van der Waals surface area contributed by atoms with Crippen molar-refractivity contribution < 1.29 is 34.3 Å². The molecule has 0 amide bonds. The summed E-state index contributed by atoms with van der Waals surface area (Å²) in [6.45, 7) is 0. The van der Waals surface area contributed by atoms with Gasteiger partial charge in [-0.1, -0.05) is 42.5 Å². The topological polar surface area (TPSA) is 126 Å². The van der Waals surface area contributed by atoms with Crippen molar-refractivity contribution in [1.82, 2.24) is 0 Å². The highest BCUT2D eigenvalue weighted by atomic mass is 17.2. The fourth-order valence-electron chi connectivity index (χ4n) is 3.82. The SMILES string of the molecule is O=C(O)c1ccc(C(C2=C(O)c3ccccc3OO2)c2oc(=O)c3ccccc3c2O)cc1. The maximum atomic E-state index is 12.7. The quantitative estimate of drug-likeness (QED) is 0.391. The molecule has 1 aromatic heterocycles. The van der Waals surface area contributed by atoms with E-state index in [1.165, 1.54) is 30.3 Å². The molecule has 1 aliphatic rings. The standard InChI is InChI=1S/C25H16O8/c26-20-15-5-1-2-6-16(15)25(30)31-22(20)19(13-9-11-14(12-10-13)24(28)29)23-21(27)17-7-3-4-8-18(17)32-33-23/h1-12,19,26-27H,(H,28,29). The maximum Gasteiger partial charge on any atom is 0.344 e. The molecular formula is C25H16O8. The molecule has 33 heavy (non-hydrogen) atoms. The Balaban J connectivity index is 1.78. The predicted octanol–water partition coefficient (Wildman–Crippen LogP) is 4.58. The molecule has 0 bridgehead atoms. The van der Waals surface area contributed by atoms with E-state index < -0.39 is 17.5 Å². The molecule has 8 nitrogen and oxygen atoms in total. The van der Waals surface area contributed by atoms with Gasteiger partial charge in [0.1, 0.15) is 5.92 Å². The first-order valence-electron chi connectivity index (χ1n) is 9.90. The van der Waals surface area contributed by atoms with Crippen LogP contribution in [0.15, 0.2) is 87.8 Å². The second-order valence-electron chi connectivity index (χ2n) is 7.38. The molecule has 0 radical (unpaired) electrons. The summed E-state index contributed by atoms with van der Waals surface area (Å²) in [4.78, 5) is 34.7. The van der Waals surface area contributed by atoms with Gasteiger partial charge in [0.05, 0.1) is 16.5 Å². The number of carboxylic acid groups (broad SMARTS) is 1. The van der Waals surface area contributed by atoms with Gasteiger partial charge >= 0.3 is 11.6 Å². The molecule has 0 saturated carbocycles. The third-order valence-corrected chi connectivity index (χ3v) is 5.45. The van der Waals surface area contributed by atoms with Gasteiger partial charge in [-0.05, 0) is 35.9 Å². The molecule has 164 valence electrons. The molecule has 0 spiro atoms. The van der Waals surface area contributed by atoms with E-state index in [4.69, 9.17) is 14.2 Å². The van der Waals surface area contributed by atoms with Crippen LogP contribution in [0.1, 0.15) is 33.2 Å². The Bertz CT molecular complexity index is 1480. The van der Waals surface area contributed by atoms with Gasteiger partial charge in [-0.15, -0.1) is 0 Å². The summed E-state index contributed by atoms with van der Waals surface area (Å²) in [6, 6.07) is 18.7. The lowest BCUT2D eigenvalue weighted by Crippen LogP contribution is -2.18. The summed E-state index contributed by atoms with van der Waals surface area (Å²) in [5.41, 5.74) is 0.0700. The number of carbonyl (C=O) groups is 1. The number of aliphatic hydroxyl groups is 1. The lowest BCUT2D eigenvalue weighted by molar-refractivity contribution is -0.175. The van der Waals surface area contributed by atoms with E-state index in [2.05, 4.69) is 0 Å². The Kier molecular flexibility index (Phi) is 4.75. The Hall–Kier alpha value is -4.72. The van der Waals surface area contributed by atoms with Gasteiger partial charge < -0.3 is 19.7 Å². The van der Waals surface area contributed by atoms with Gasteiger partial charge in [-0.2, -0.15) is 0 Å². The Morgan fingerprint density at radius 2 is 1.48 bits per heavy atom. The summed E-state index contributed by atoms with van der Waals surface area (Å²) >= 11 is 0. The first-order valence-corrected chi connectivity index (χ1v) is 9.90. The van der Waals surface area contributed by atoms with Crippen LogP contribution in [0.4, 0.5) is 0 Å². The normalized spacial score (nSPS) is 13.7. The molecule has 0 saturated heterocycles. The van der Waals surface area contributed by atoms with Crippen LogP contribution in [0.25, 0.3) is 16.5 Å². The van der Waals surface area contributed by atoms with E-state index in [0.29, 0.717) is 11.1 Å². The number of aromatic carboxylic acids is 1. The molecule has 5 rings (SSSR count). The van der Waals surface area contributed by atoms with Gasteiger partial charge in [-0.3, -0.25) is 9.78 Å². The highest BCUT2D eigenvalue weighted by Crippen LogP contribution is 2.44. The smallest absolute Gasteiger partial charge is 0.344 e. The van der Waals surface area contributed by atoms with E-state index in [9.17, 15) is 24.9 Å². The zero-order valence-corrected chi connectivity index (χ0v) is 16.9. The Labute approximate surface area is 186 Å². The highest BCUT2D eigenvalue weighted by Gasteiger charge is 2.35. The first kappa shape index (κ1) is 20.2. The zero-order valence-electron chi connectivity index (χ0n) is 16.9. The number of para-hydroxylation sites is 1. The summed E-state index contributed by atoms with van der Waals surface area (Å²) < 4.78 is 5.50. The number of rotatable bonds is 4. The van der Waals surface area contributed by atoms with Crippen LogP contribution in [-0.2, 0) is 4.89 Å². The van der Waals surface area contributed by atoms with Gasteiger partial charge in [0.2, 0.25) is 5.76 Å². The lowest BCUT2D eigenvalue weighted by Gasteiger charge is -2.25. The number of fused-ring (bicyclic) bond motifs is 2. The van der Waals surface area contributed by atoms with Crippen molar-refractivity contribution in [3.63, 3.8) is 0 Å². The largest absolute Gasteiger partial charge is 0.504 e. The number of carboxylic acids is 1. The maximum absolute atomic E-state index is 12.7. The highest BCUT2D eigenvalue weighted by molar-refractivity contribution is 5.88. The van der Waals surface area contributed by atoms with Crippen LogP contribution in [0.3, 0.4) is 0 Å². The molecule has 4 aromatic rings. The van der Waals surface area contributed by atoms with E-state index in [0.717, 1.165) is 0 Å². The van der Waals surface area contributed by atoms with E-state index >= 15 is 0 Å². The summed E-state index contributed by atoms with van der Waals surface area (Å²) in [7, 11) is 0. The minimum Gasteiger partial charge on any atom is -0.504 e. The second-order valence-corrected chi connectivity index (χ2v) is 7.38. The average Bonchev–Trinajstić information content (AvgIpc) is 2.84. The molecule has 2 heterocycles. The second kappa shape index (κ2) is 7.76. The third kappa shape index (κ3) is 3.34. The molecular weight excluding hydrogens is 428 g/mol. The number of hydrogen-bond donors (Lipinski definition) is 3. The number of aliphatic hydroxyl groups excluding tert-OH is 1. The van der Waals surface area contributed by atoms with Gasteiger partial charge in [-0.25, -0.2) is 9.59 Å². The zero-order chi connectivity index (χ0) is 23.1. The van der Waals surface area contributed by atoms with Crippen LogP contribution >= 0.6 is 0 Å². The summed E-state index contributed by atoms with van der Waals surface area (Å²) in [5.74, 6) is -2.88. The fraction of sp³-hybridized carbons (Fsp3) is 0.0400. The van der Waals surface area contributed by atoms with E-state index in [1.807, 2.05) is 0 Å². The summed E-state index contributed by atoms with van der Waals surface area (Å²) in [6.07, 6.45) is 0. The van der Waals surface area contributed by atoms with Crippen LogP contribution in [-0.4, -0.2) is 21.3 Å². The molecule has 1 aliphatic heterocycles. The lowest BCUT2D eigenvalue weighted by atomic mass is 9.90. The molecule has 1 unspecified atom stereocenters. The van der Waals surface area contributed by atoms with Crippen LogP contribution in [0.2, 0.25) is 0 Å². The number of aromatic hydroxyl groups is 1.